The van der Waals surface area contributed by atoms with Crippen molar-refractivity contribution in [2.24, 2.45) is 0 Å². The summed E-state index contributed by atoms with van der Waals surface area (Å²) in [6, 6.07) is 0. The predicted molar refractivity (Wildman–Crippen MR) is 26.5 cm³/mol. The molecule has 0 aliphatic carbocycles. The van der Waals surface area contributed by atoms with Gasteiger partial charge in [0.05, 0.1) is 5.69 Å². The quantitative estimate of drug-likeness (QED) is 0.471. The third kappa shape index (κ3) is 0.961. The maximum Gasteiger partial charge on any atom is 0.0590 e. The third-order valence-electron chi connectivity index (χ3n) is 0.617. The minimum atomic E-state index is 0.711. The molecule has 0 aromatic carbocycles. The fourth-order valence-electron chi connectivity index (χ4n) is 0.330. The van der Waals surface area contributed by atoms with E-state index in [9.17, 15) is 0 Å². The van der Waals surface area contributed by atoms with Crippen molar-refractivity contribution >= 4 is 0 Å². The molecule has 0 atom stereocenters. The molecule has 2 nitrogen and oxygen atoms in total. The molecule has 2 heteroatoms. The van der Waals surface area contributed by atoms with Crippen LogP contribution in [-0.2, 0) is 0 Å². The summed E-state index contributed by atoms with van der Waals surface area (Å²) in [6.45, 7) is 3.55. The number of hydrogen-bond acceptors (Lipinski definition) is 2. The van der Waals surface area contributed by atoms with Gasteiger partial charge in [0.25, 0.3) is 0 Å². The largest absolute Gasteiger partial charge is 0.261 e. The van der Waals surface area contributed by atoms with E-state index >= 15 is 0 Å². The van der Waals surface area contributed by atoms with Crippen molar-refractivity contribution in [3.63, 3.8) is 0 Å². The van der Waals surface area contributed by atoms with Crippen LogP contribution in [0.15, 0.2) is 18.6 Å². The average molecular weight is 93.1 g/mol. The van der Waals surface area contributed by atoms with Gasteiger partial charge in [-0.25, -0.2) is 0 Å². The predicted octanol–water partition coefficient (Wildman–Crippen LogP) is 0.659. The first-order valence-corrected chi connectivity index (χ1v) is 1.97. The van der Waals surface area contributed by atoms with Crippen LogP contribution in [0.4, 0.5) is 0 Å². The van der Waals surface area contributed by atoms with Crippen LogP contribution in [0.3, 0.4) is 0 Å². The molecule has 7 heavy (non-hydrogen) atoms. The van der Waals surface area contributed by atoms with Gasteiger partial charge in [-0.2, -0.15) is 0 Å². The second kappa shape index (κ2) is 1.69. The minimum Gasteiger partial charge on any atom is -0.261 e. The van der Waals surface area contributed by atoms with E-state index in [1.807, 2.05) is 0 Å². The Morgan fingerprint density at radius 1 is 1.43 bits per heavy atom. The van der Waals surface area contributed by atoms with Crippen LogP contribution >= 0.6 is 0 Å². The Kier molecular flexibility index (Phi) is 1.02. The molecule has 1 aromatic rings. The van der Waals surface area contributed by atoms with E-state index in [1.165, 1.54) is 0 Å². The van der Waals surface area contributed by atoms with E-state index in [0.717, 1.165) is 0 Å². The summed E-state index contributed by atoms with van der Waals surface area (Å²) in [7, 11) is 0. The number of nitrogens with zero attached hydrogens (tertiary/aromatic N) is 2. The lowest BCUT2D eigenvalue weighted by atomic mass is 10.5. The highest BCUT2D eigenvalue weighted by Gasteiger charge is 1.74. The SMILES string of the molecule is [CH2]c1cnccn1. The Balaban J connectivity index is 3.02. The first kappa shape index (κ1) is 4.24. The van der Waals surface area contributed by atoms with Gasteiger partial charge in [0, 0.05) is 18.6 Å². The van der Waals surface area contributed by atoms with E-state index < -0.39 is 0 Å². The molecule has 1 radical (unpaired) electrons. The van der Waals surface area contributed by atoms with Gasteiger partial charge in [-0.05, 0) is 6.92 Å². The molecule has 35 valence electrons. The second-order valence-electron chi connectivity index (χ2n) is 1.20. The van der Waals surface area contributed by atoms with E-state index in [1.54, 1.807) is 18.6 Å². The maximum absolute atomic E-state index is 3.81. The lowest BCUT2D eigenvalue weighted by Crippen LogP contribution is -1.77. The Bertz CT molecular complexity index is 136. The maximum atomic E-state index is 3.81. The zero-order valence-corrected chi connectivity index (χ0v) is 3.83. The number of hydrogen-bond donors (Lipinski definition) is 0. The fourth-order valence-corrected chi connectivity index (χ4v) is 0.330. The summed E-state index contributed by atoms with van der Waals surface area (Å²) < 4.78 is 0. The van der Waals surface area contributed by atoms with Crippen molar-refractivity contribution < 1.29 is 0 Å². The standard InChI is InChI=1S/C5H5N2/c1-5-4-6-2-3-7-5/h2-4H,1H2. The van der Waals surface area contributed by atoms with Crippen LogP contribution < -0.4 is 0 Å². The molecule has 0 saturated heterocycles. The van der Waals surface area contributed by atoms with Crippen molar-refractivity contribution in [3.05, 3.63) is 31.2 Å². The molecular weight excluding hydrogens is 88.1 g/mol. The molecule has 0 aliphatic heterocycles. The van der Waals surface area contributed by atoms with Gasteiger partial charge >= 0.3 is 0 Å². The molecule has 0 saturated carbocycles. The van der Waals surface area contributed by atoms with Crippen LogP contribution in [0.2, 0.25) is 0 Å². The lowest BCUT2D eigenvalue weighted by molar-refractivity contribution is 1.16. The molecule has 0 aliphatic rings. The van der Waals surface area contributed by atoms with Crippen molar-refractivity contribution in [1.82, 2.24) is 9.97 Å². The second-order valence-corrected chi connectivity index (χ2v) is 1.20. The third-order valence-corrected chi connectivity index (χ3v) is 0.617. The molecule has 0 spiro atoms. The van der Waals surface area contributed by atoms with Crippen LogP contribution in [0.1, 0.15) is 5.69 Å². The van der Waals surface area contributed by atoms with Crippen molar-refractivity contribution in [2.75, 3.05) is 0 Å². The Hall–Kier alpha value is -0.920. The molecule has 1 aromatic heterocycles. The number of rotatable bonds is 0. The summed E-state index contributed by atoms with van der Waals surface area (Å²) in [6.07, 6.45) is 4.84. The molecule has 0 bridgehead atoms. The number of aromatic nitrogens is 2. The molecule has 0 amide bonds. The molecule has 0 unspecified atom stereocenters. The highest BCUT2D eigenvalue weighted by atomic mass is 14.7. The van der Waals surface area contributed by atoms with Gasteiger partial charge in [0.1, 0.15) is 0 Å². The molecule has 1 rings (SSSR count). The van der Waals surface area contributed by atoms with E-state index in [0.29, 0.717) is 5.69 Å². The Morgan fingerprint density at radius 3 is 2.57 bits per heavy atom. The van der Waals surface area contributed by atoms with Gasteiger partial charge in [-0.1, -0.05) is 0 Å². The molecule has 0 N–H and O–H groups in total. The van der Waals surface area contributed by atoms with Crippen LogP contribution in [0.25, 0.3) is 0 Å². The monoisotopic (exact) mass is 93.0 g/mol. The summed E-state index contributed by atoms with van der Waals surface area (Å²) in [5, 5.41) is 0. The highest BCUT2D eigenvalue weighted by molar-refractivity contribution is 4.96. The van der Waals surface area contributed by atoms with E-state index in [-0.39, 0.29) is 0 Å². The molecule has 0 fully saturated rings. The van der Waals surface area contributed by atoms with Crippen LogP contribution in [0, 0.1) is 6.92 Å². The van der Waals surface area contributed by atoms with E-state index in [2.05, 4.69) is 16.9 Å². The van der Waals surface area contributed by atoms with Gasteiger partial charge in [-0.3, -0.25) is 9.97 Å². The van der Waals surface area contributed by atoms with Crippen molar-refractivity contribution in [2.45, 2.75) is 0 Å². The minimum absolute atomic E-state index is 0.711. The zero-order chi connectivity index (χ0) is 5.11. The Labute approximate surface area is 42.2 Å². The highest BCUT2D eigenvalue weighted by Crippen LogP contribution is 1.81. The topological polar surface area (TPSA) is 25.8 Å². The van der Waals surface area contributed by atoms with Gasteiger partial charge < -0.3 is 0 Å². The van der Waals surface area contributed by atoms with E-state index in [4.69, 9.17) is 0 Å². The van der Waals surface area contributed by atoms with Crippen molar-refractivity contribution in [1.29, 1.82) is 0 Å². The normalized spacial score (nSPS) is 8.71. The zero-order valence-electron chi connectivity index (χ0n) is 3.83. The molecular formula is C5H5N2. The fraction of sp³-hybridized carbons (Fsp3) is 0. The van der Waals surface area contributed by atoms with Crippen molar-refractivity contribution in [3.8, 4) is 0 Å². The summed E-state index contributed by atoms with van der Waals surface area (Å²) in [4.78, 5) is 7.56. The Morgan fingerprint density at radius 2 is 2.29 bits per heavy atom. The average Bonchev–Trinajstić information content (AvgIpc) is 1.69. The van der Waals surface area contributed by atoms with Gasteiger partial charge in [0.15, 0.2) is 0 Å². The smallest absolute Gasteiger partial charge is 0.0590 e. The van der Waals surface area contributed by atoms with Crippen LogP contribution in [0.5, 0.6) is 0 Å². The summed E-state index contributed by atoms with van der Waals surface area (Å²) in [5.41, 5.74) is 0.711. The summed E-state index contributed by atoms with van der Waals surface area (Å²) in [5.74, 6) is 0. The molecule has 1 heterocycles. The summed E-state index contributed by atoms with van der Waals surface area (Å²) >= 11 is 0. The first-order chi connectivity index (χ1) is 3.39. The van der Waals surface area contributed by atoms with Crippen LogP contribution in [-0.4, -0.2) is 9.97 Å². The van der Waals surface area contributed by atoms with Gasteiger partial charge in [0.2, 0.25) is 0 Å². The lowest BCUT2D eigenvalue weighted by Gasteiger charge is -1.81. The van der Waals surface area contributed by atoms with Gasteiger partial charge in [-0.15, -0.1) is 0 Å². The first-order valence-electron chi connectivity index (χ1n) is 1.97.